The van der Waals surface area contributed by atoms with E-state index in [2.05, 4.69) is 55.4 Å². The lowest BCUT2D eigenvalue weighted by Gasteiger charge is -2.14. The van der Waals surface area contributed by atoms with Gasteiger partial charge in [-0.05, 0) is 18.1 Å². The second kappa shape index (κ2) is 8.09. The first-order valence-electron chi connectivity index (χ1n) is 7.08. The molecule has 0 spiro atoms. The molecule has 0 atom stereocenters. The number of hydrogen-bond acceptors (Lipinski definition) is 3. The third-order valence-corrected chi connectivity index (χ3v) is 3.22. The summed E-state index contributed by atoms with van der Waals surface area (Å²) in [6.07, 6.45) is 2.44. The van der Waals surface area contributed by atoms with E-state index in [0.29, 0.717) is 6.04 Å². The smallest absolute Gasteiger partial charge is 0.126 e. The minimum absolute atomic E-state index is 0.493. The van der Waals surface area contributed by atoms with Gasteiger partial charge in [-0.1, -0.05) is 46.6 Å². The monoisotopic (exact) mass is 249 g/mol. The largest absolute Gasteiger partial charge is 0.370 e. The summed E-state index contributed by atoms with van der Waals surface area (Å²) in [7, 11) is 0. The minimum atomic E-state index is 0.493. The van der Waals surface area contributed by atoms with Crippen molar-refractivity contribution in [1.29, 1.82) is 0 Å². The van der Waals surface area contributed by atoms with Crippen molar-refractivity contribution in [3.8, 4) is 0 Å². The average molecular weight is 249 g/mol. The molecule has 1 aromatic rings. The van der Waals surface area contributed by atoms with E-state index in [1.807, 2.05) is 6.07 Å². The highest BCUT2D eigenvalue weighted by Gasteiger charge is 2.04. The third-order valence-electron chi connectivity index (χ3n) is 3.22. The van der Waals surface area contributed by atoms with Gasteiger partial charge in [-0.25, -0.2) is 4.98 Å². The van der Waals surface area contributed by atoms with Gasteiger partial charge in [0, 0.05) is 19.1 Å². The molecule has 0 aliphatic heterocycles. The molecule has 0 fully saturated rings. The zero-order chi connectivity index (χ0) is 13.4. The Morgan fingerprint density at radius 1 is 1.17 bits per heavy atom. The molecule has 0 amide bonds. The molecular weight excluding hydrogens is 222 g/mol. The summed E-state index contributed by atoms with van der Waals surface area (Å²) in [5, 5.41) is 6.82. The molecule has 0 bridgehead atoms. The average Bonchev–Trinajstić information content (AvgIpc) is 2.38. The second-order valence-electron chi connectivity index (χ2n) is 5.11. The molecule has 1 heterocycles. The molecule has 102 valence electrons. The predicted octanol–water partition coefficient (Wildman–Crippen LogP) is 3.43. The fourth-order valence-electron chi connectivity index (χ4n) is 1.81. The van der Waals surface area contributed by atoms with Crippen LogP contribution in [-0.4, -0.2) is 17.6 Å². The van der Waals surface area contributed by atoms with E-state index in [-0.39, 0.29) is 0 Å². The molecule has 0 aromatic carbocycles. The Bertz CT molecular complexity index is 332. The van der Waals surface area contributed by atoms with Crippen molar-refractivity contribution in [2.45, 2.75) is 53.1 Å². The third kappa shape index (κ3) is 5.50. The van der Waals surface area contributed by atoms with Gasteiger partial charge in [0.1, 0.15) is 5.82 Å². The van der Waals surface area contributed by atoms with Crippen molar-refractivity contribution in [2.24, 2.45) is 5.92 Å². The number of nitrogens with one attached hydrogen (secondary N) is 2. The zero-order valence-corrected chi connectivity index (χ0v) is 12.2. The number of anilines is 1. The molecule has 0 saturated carbocycles. The number of aromatic nitrogens is 1. The number of hydrogen-bond donors (Lipinski definition) is 2. The van der Waals surface area contributed by atoms with E-state index < -0.39 is 0 Å². The summed E-state index contributed by atoms with van der Waals surface area (Å²) in [5.74, 6) is 1.73. The maximum Gasteiger partial charge on any atom is 0.126 e. The normalized spacial score (nSPS) is 11.2. The number of nitrogens with zero attached hydrogens (tertiary/aromatic N) is 1. The Labute approximate surface area is 111 Å². The molecule has 0 unspecified atom stereocenters. The van der Waals surface area contributed by atoms with Crippen molar-refractivity contribution in [3.05, 3.63) is 23.9 Å². The first-order chi connectivity index (χ1) is 8.65. The molecule has 0 radical (unpaired) electrons. The summed E-state index contributed by atoms with van der Waals surface area (Å²) in [4.78, 5) is 4.61. The molecule has 0 aliphatic carbocycles. The van der Waals surface area contributed by atoms with E-state index >= 15 is 0 Å². The van der Waals surface area contributed by atoms with Crippen LogP contribution in [0.1, 0.15) is 46.2 Å². The van der Waals surface area contributed by atoms with Gasteiger partial charge in [-0.15, -0.1) is 0 Å². The van der Waals surface area contributed by atoms with Crippen LogP contribution in [-0.2, 0) is 6.54 Å². The van der Waals surface area contributed by atoms with Gasteiger partial charge >= 0.3 is 0 Å². The van der Waals surface area contributed by atoms with Crippen LogP contribution < -0.4 is 10.6 Å². The van der Waals surface area contributed by atoms with Crippen LogP contribution in [0.25, 0.3) is 0 Å². The lowest BCUT2D eigenvalue weighted by molar-refractivity contribution is 0.518. The van der Waals surface area contributed by atoms with E-state index in [1.165, 1.54) is 12.8 Å². The number of pyridine rings is 1. The minimum Gasteiger partial charge on any atom is -0.370 e. The summed E-state index contributed by atoms with van der Waals surface area (Å²) in [6.45, 7) is 10.6. The second-order valence-corrected chi connectivity index (χ2v) is 5.11. The van der Waals surface area contributed by atoms with E-state index in [0.717, 1.165) is 30.5 Å². The molecule has 0 saturated heterocycles. The van der Waals surface area contributed by atoms with Crippen LogP contribution in [0.2, 0.25) is 0 Å². The van der Waals surface area contributed by atoms with Gasteiger partial charge < -0.3 is 10.6 Å². The van der Waals surface area contributed by atoms with Gasteiger partial charge in [-0.3, -0.25) is 0 Å². The Morgan fingerprint density at radius 3 is 2.50 bits per heavy atom. The van der Waals surface area contributed by atoms with Crippen molar-refractivity contribution < 1.29 is 0 Å². The van der Waals surface area contributed by atoms with E-state index in [4.69, 9.17) is 0 Å². The van der Waals surface area contributed by atoms with Crippen LogP contribution in [0.15, 0.2) is 18.2 Å². The van der Waals surface area contributed by atoms with Crippen LogP contribution in [0.5, 0.6) is 0 Å². The Kier molecular flexibility index (Phi) is 6.73. The molecule has 18 heavy (non-hydrogen) atoms. The maximum absolute atomic E-state index is 4.61. The fraction of sp³-hybridized carbons (Fsp3) is 0.667. The van der Waals surface area contributed by atoms with Gasteiger partial charge in [0.05, 0.1) is 5.69 Å². The van der Waals surface area contributed by atoms with Gasteiger partial charge in [-0.2, -0.15) is 0 Å². The van der Waals surface area contributed by atoms with Crippen molar-refractivity contribution >= 4 is 5.82 Å². The molecule has 0 aliphatic rings. The molecule has 3 heteroatoms. The lowest BCUT2D eigenvalue weighted by atomic mass is 10.0. The quantitative estimate of drug-likeness (QED) is 0.741. The Hall–Kier alpha value is -1.09. The van der Waals surface area contributed by atoms with Crippen molar-refractivity contribution in [3.63, 3.8) is 0 Å². The van der Waals surface area contributed by atoms with Gasteiger partial charge in [0.25, 0.3) is 0 Å². The lowest BCUT2D eigenvalue weighted by Crippen LogP contribution is -2.22. The highest BCUT2D eigenvalue weighted by atomic mass is 15.0. The molecule has 1 aromatic heterocycles. The Morgan fingerprint density at radius 2 is 1.89 bits per heavy atom. The SMILES string of the molecule is CCC(CC)CNc1cccc(CNC(C)C)n1. The molecular formula is C15H27N3. The standard InChI is InChI=1S/C15H27N3/c1-5-13(6-2)10-17-15-9-7-8-14(18-15)11-16-12(3)4/h7-9,12-13,16H,5-6,10-11H2,1-4H3,(H,17,18). The van der Waals surface area contributed by atoms with Crippen molar-refractivity contribution in [1.82, 2.24) is 10.3 Å². The van der Waals surface area contributed by atoms with E-state index in [9.17, 15) is 0 Å². The first-order valence-corrected chi connectivity index (χ1v) is 7.08. The summed E-state index contributed by atoms with van der Waals surface area (Å²) in [5.41, 5.74) is 1.10. The van der Waals surface area contributed by atoms with Crippen LogP contribution in [0.4, 0.5) is 5.82 Å². The van der Waals surface area contributed by atoms with Crippen molar-refractivity contribution in [2.75, 3.05) is 11.9 Å². The summed E-state index contributed by atoms with van der Waals surface area (Å²) >= 11 is 0. The van der Waals surface area contributed by atoms with Crippen LogP contribution >= 0.6 is 0 Å². The summed E-state index contributed by atoms with van der Waals surface area (Å²) < 4.78 is 0. The topological polar surface area (TPSA) is 37.0 Å². The van der Waals surface area contributed by atoms with Gasteiger partial charge in [0.2, 0.25) is 0 Å². The fourth-order valence-corrected chi connectivity index (χ4v) is 1.81. The highest BCUT2D eigenvalue weighted by Crippen LogP contribution is 2.10. The zero-order valence-electron chi connectivity index (χ0n) is 12.2. The molecule has 3 nitrogen and oxygen atoms in total. The van der Waals surface area contributed by atoms with Crippen LogP contribution in [0.3, 0.4) is 0 Å². The van der Waals surface area contributed by atoms with Crippen LogP contribution in [0, 0.1) is 5.92 Å². The highest BCUT2D eigenvalue weighted by molar-refractivity contribution is 5.35. The molecule has 1 rings (SSSR count). The molecule has 2 N–H and O–H groups in total. The van der Waals surface area contributed by atoms with Gasteiger partial charge in [0.15, 0.2) is 0 Å². The number of rotatable bonds is 8. The van der Waals surface area contributed by atoms with E-state index in [1.54, 1.807) is 0 Å². The predicted molar refractivity (Wildman–Crippen MR) is 78.8 cm³/mol. The summed E-state index contributed by atoms with van der Waals surface area (Å²) in [6, 6.07) is 6.67. The Balaban J connectivity index is 2.48. The first kappa shape index (κ1) is 15.0. The maximum atomic E-state index is 4.61.